The van der Waals surface area contributed by atoms with Gasteiger partial charge in [-0.2, -0.15) is 0 Å². The van der Waals surface area contributed by atoms with Gasteiger partial charge in [0.15, 0.2) is 0 Å². The van der Waals surface area contributed by atoms with E-state index in [9.17, 15) is 9.59 Å². The second-order valence-electron chi connectivity index (χ2n) is 5.35. The Hall–Kier alpha value is -2.08. The van der Waals surface area contributed by atoms with Crippen LogP contribution in [0.25, 0.3) is 0 Å². The van der Waals surface area contributed by atoms with E-state index in [2.05, 4.69) is 5.32 Å². The average molecular weight is 289 g/mol. The van der Waals surface area contributed by atoms with Crippen LogP contribution in [0.5, 0.6) is 5.75 Å². The van der Waals surface area contributed by atoms with Crippen LogP contribution in [0, 0.1) is 0 Å². The highest BCUT2D eigenvalue weighted by atomic mass is 16.5. The summed E-state index contributed by atoms with van der Waals surface area (Å²) in [7, 11) is 1.61. The molecule has 2 aliphatic heterocycles. The van der Waals surface area contributed by atoms with Crippen molar-refractivity contribution >= 4 is 11.8 Å². The summed E-state index contributed by atoms with van der Waals surface area (Å²) in [5.41, 5.74) is 0.915. The van der Waals surface area contributed by atoms with Crippen LogP contribution in [-0.2, 0) is 16.1 Å². The fourth-order valence-corrected chi connectivity index (χ4v) is 2.96. The molecule has 6 nitrogen and oxygen atoms in total. The fraction of sp³-hybridized carbons (Fsp3) is 0.467. The van der Waals surface area contributed by atoms with Crippen molar-refractivity contribution < 1.29 is 14.3 Å². The van der Waals surface area contributed by atoms with E-state index in [1.54, 1.807) is 16.9 Å². The summed E-state index contributed by atoms with van der Waals surface area (Å²) in [6.07, 6.45) is 0. The Morgan fingerprint density at radius 1 is 1.29 bits per heavy atom. The summed E-state index contributed by atoms with van der Waals surface area (Å²) in [6, 6.07) is 7.64. The number of hydrogen-bond acceptors (Lipinski definition) is 4. The maximum atomic E-state index is 12.3. The number of benzene rings is 1. The molecule has 0 spiro atoms. The molecule has 2 amide bonds. The highest BCUT2D eigenvalue weighted by molar-refractivity contribution is 6.35. The zero-order valence-corrected chi connectivity index (χ0v) is 12.0. The lowest BCUT2D eigenvalue weighted by molar-refractivity contribution is -0.160. The molecule has 0 bridgehead atoms. The van der Waals surface area contributed by atoms with E-state index in [4.69, 9.17) is 4.74 Å². The van der Waals surface area contributed by atoms with Crippen LogP contribution in [0.3, 0.4) is 0 Å². The van der Waals surface area contributed by atoms with Crippen LogP contribution in [0.2, 0.25) is 0 Å². The molecule has 1 unspecified atom stereocenters. The highest BCUT2D eigenvalue weighted by Crippen LogP contribution is 2.22. The van der Waals surface area contributed by atoms with Crippen molar-refractivity contribution in [2.45, 2.75) is 12.6 Å². The Morgan fingerprint density at radius 3 is 2.90 bits per heavy atom. The van der Waals surface area contributed by atoms with Gasteiger partial charge >= 0.3 is 11.8 Å². The summed E-state index contributed by atoms with van der Waals surface area (Å²) < 4.78 is 5.31. The van der Waals surface area contributed by atoms with Gasteiger partial charge < -0.3 is 19.9 Å². The number of fused-ring (bicyclic) bond motifs is 1. The van der Waals surface area contributed by atoms with Crippen LogP contribution >= 0.6 is 0 Å². The van der Waals surface area contributed by atoms with Crippen LogP contribution in [0.15, 0.2) is 24.3 Å². The summed E-state index contributed by atoms with van der Waals surface area (Å²) in [4.78, 5) is 27.8. The van der Waals surface area contributed by atoms with Crippen LogP contribution < -0.4 is 10.1 Å². The number of piperazine rings is 2. The maximum Gasteiger partial charge on any atom is 0.312 e. The lowest BCUT2D eigenvalue weighted by Crippen LogP contribution is -2.65. The van der Waals surface area contributed by atoms with E-state index in [-0.39, 0.29) is 11.9 Å². The predicted molar refractivity (Wildman–Crippen MR) is 76.8 cm³/mol. The number of ether oxygens (including phenoxy) is 1. The molecule has 0 saturated carbocycles. The summed E-state index contributed by atoms with van der Waals surface area (Å²) in [5, 5.41) is 3.27. The van der Waals surface area contributed by atoms with E-state index in [1.165, 1.54) is 0 Å². The van der Waals surface area contributed by atoms with Gasteiger partial charge in [-0.1, -0.05) is 18.2 Å². The van der Waals surface area contributed by atoms with Gasteiger partial charge in [0.1, 0.15) is 5.75 Å². The second kappa shape index (κ2) is 5.73. The first-order valence-corrected chi connectivity index (χ1v) is 7.13. The van der Waals surface area contributed by atoms with Crippen molar-refractivity contribution in [2.24, 2.45) is 0 Å². The Morgan fingerprint density at radius 2 is 2.10 bits per heavy atom. The molecular formula is C15H19N3O3. The lowest BCUT2D eigenvalue weighted by Gasteiger charge is -2.43. The third-order valence-corrected chi connectivity index (χ3v) is 4.07. The van der Waals surface area contributed by atoms with E-state index in [0.29, 0.717) is 19.6 Å². The predicted octanol–water partition coefficient (Wildman–Crippen LogP) is -0.162. The highest BCUT2D eigenvalue weighted by Gasteiger charge is 2.40. The molecule has 0 aromatic heterocycles. The molecule has 1 atom stereocenters. The zero-order chi connectivity index (χ0) is 14.8. The molecule has 112 valence electrons. The van der Waals surface area contributed by atoms with Gasteiger partial charge in [0.25, 0.3) is 0 Å². The molecule has 3 rings (SSSR count). The Balaban J connectivity index is 1.79. The molecule has 21 heavy (non-hydrogen) atoms. The first-order chi connectivity index (χ1) is 10.2. The molecule has 1 aromatic rings. The minimum absolute atomic E-state index is 0.0682. The Labute approximate surface area is 123 Å². The monoisotopic (exact) mass is 289 g/mol. The van der Waals surface area contributed by atoms with Crippen molar-refractivity contribution in [3.8, 4) is 5.75 Å². The molecular weight excluding hydrogens is 270 g/mol. The quantitative estimate of drug-likeness (QED) is 0.785. The number of hydrogen-bond donors (Lipinski definition) is 1. The molecule has 0 aliphatic carbocycles. The lowest BCUT2D eigenvalue weighted by atomic mass is 10.1. The van der Waals surface area contributed by atoms with E-state index in [0.717, 1.165) is 24.4 Å². The molecule has 2 saturated heterocycles. The van der Waals surface area contributed by atoms with Crippen LogP contribution in [-0.4, -0.2) is 60.9 Å². The molecule has 6 heteroatoms. The average Bonchev–Trinajstić information content (AvgIpc) is 2.53. The molecule has 2 aliphatic rings. The van der Waals surface area contributed by atoms with E-state index >= 15 is 0 Å². The van der Waals surface area contributed by atoms with Gasteiger partial charge in [-0.15, -0.1) is 0 Å². The summed E-state index contributed by atoms with van der Waals surface area (Å²) >= 11 is 0. The van der Waals surface area contributed by atoms with Crippen molar-refractivity contribution in [3.05, 3.63) is 29.8 Å². The maximum absolute atomic E-state index is 12.3. The molecule has 2 fully saturated rings. The van der Waals surface area contributed by atoms with Gasteiger partial charge in [-0.3, -0.25) is 9.59 Å². The van der Waals surface area contributed by atoms with Crippen molar-refractivity contribution in [2.75, 3.05) is 33.3 Å². The van der Waals surface area contributed by atoms with Gasteiger partial charge in [-0.05, 0) is 6.07 Å². The number of methoxy groups -OCH3 is 1. The zero-order valence-electron chi connectivity index (χ0n) is 12.0. The fourth-order valence-electron chi connectivity index (χ4n) is 2.96. The number of carbonyl (C=O) groups is 2. The van der Waals surface area contributed by atoms with Crippen molar-refractivity contribution in [3.63, 3.8) is 0 Å². The smallest absolute Gasteiger partial charge is 0.312 e. The third kappa shape index (κ3) is 2.58. The Bertz CT molecular complexity index is 561. The van der Waals surface area contributed by atoms with Gasteiger partial charge in [0.2, 0.25) is 0 Å². The number of nitrogens with one attached hydrogen (secondary N) is 1. The standard InChI is InChI=1S/C15H19N3O3/c1-21-13-5-3-2-4-11(13)9-17-10-12-8-16-6-7-18(12)15(20)14(17)19/h2-5,12,16H,6-10H2,1H3. The van der Waals surface area contributed by atoms with Gasteiger partial charge in [0.05, 0.1) is 13.2 Å². The van der Waals surface area contributed by atoms with Crippen molar-refractivity contribution in [1.82, 2.24) is 15.1 Å². The SMILES string of the molecule is COc1ccccc1CN1CC2CNCCN2C(=O)C1=O. The molecule has 0 radical (unpaired) electrons. The van der Waals surface area contributed by atoms with Gasteiger partial charge in [0, 0.05) is 38.3 Å². The summed E-state index contributed by atoms with van der Waals surface area (Å²) in [6.45, 7) is 3.07. The van der Waals surface area contributed by atoms with Crippen LogP contribution in [0.1, 0.15) is 5.56 Å². The van der Waals surface area contributed by atoms with Gasteiger partial charge in [-0.25, -0.2) is 0 Å². The van der Waals surface area contributed by atoms with Crippen LogP contribution in [0.4, 0.5) is 0 Å². The topological polar surface area (TPSA) is 61.9 Å². The number of para-hydroxylation sites is 1. The minimum Gasteiger partial charge on any atom is -0.496 e. The number of nitrogens with zero attached hydrogens (tertiary/aromatic N) is 2. The number of rotatable bonds is 3. The van der Waals surface area contributed by atoms with Crippen molar-refractivity contribution in [1.29, 1.82) is 0 Å². The summed E-state index contributed by atoms with van der Waals surface area (Å²) in [5.74, 6) is -0.0661. The minimum atomic E-state index is -0.418. The van der Waals surface area contributed by atoms with E-state index in [1.807, 2.05) is 24.3 Å². The first-order valence-electron chi connectivity index (χ1n) is 7.13. The molecule has 1 aromatic carbocycles. The molecule has 1 N–H and O–H groups in total. The normalized spacial score (nSPS) is 22.2. The number of carbonyl (C=O) groups excluding carboxylic acids is 2. The Kier molecular flexibility index (Phi) is 3.79. The third-order valence-electron chi connectivity index (χ3n) is 4.07. The number of amides is 2. The second-order valence-corrected chi connectivity index (χ2v) is 5.35. The van der Waals surface area contributed by atoms with E-state index < -0.39 is 5.91 Å². The largest absolute Gasteiger partial charge is 0.496 e. The molecule has 2 heterocycles. The first kappa shape index (κ1) is 13.9.